The Morgan fingerprint density at radius 3 is 2.71 bits per heavy atom. The van der Waals surface area contributed by atoms with E-state index < -0.39 is 12.4 Å². The molecule has 0 aliphatic heterocycles. The molecule has 24 heavy (non-hydrogen) atoms. The van der Waals surface area contributed by atoms with Crippen LogP contribution in [0.2, 0.25) is 0 Å². The van der Waals surface area contributed by atoms with Crippen LogP contribution >= 0.6 is 11.3 Å². The molecule has 0 aliphatic carbocycles. The van der Waals surface area contributed by atoms with Crippen molar-refractivity contribution in [3.8, 4) is 5.75 Å². The molecule has 130 valence electrons. The van der Waals surface area contributed by atoms with Gasteiger partial charge in [0, 0.05) is 18.0 Å². The van der Waals surface area contributed by atoms with Crippen LogP contribution in [0.3, 0.4) is 0 Å². The summed E-state index contributed by atoms with van der Waals surface area (Å²) in [5.41, 5.74) is 0.997. The largest absolute Gasteiger partial charge is 0.573 e. The summed E-state index contributed by atoms with van der Waals surface area (Å²) in [5, 5.41) is 5.40. The molecule has 0 saturated carbocycles. The van der Waals surface area contributed by atoms with Gasteiger partial charge in [0.25, 0.3) is 0 Å². The molecule has 0 radical (unpaired) electrons. The van der Waals surface area contributed by atoms with E-state index in [2.05, 4.69) is 15.0 Å². The van der Waals surface area contributed by atoms with Gasteiger partial charge >= 0.3 is 12.4 Å². The summed E-state index contributed by atoms with van der Waals surface area (Å²) >= 11 is 1.48. The molecule has 5 nitrogen and oxygen atoms in total. The highest BCUT2D eigenvalue weighted by Gasteiger charge is 2.32. The number of alkyl halides is 3. The number of aryl methyl sites for hydroxylation is 1. The number of amides is 2. The van der Waals surface area contributed by atoms with Gasteiger partial charge in [0.1, 0.15) is 5.75 Å². The predicted molar refractivity (Wildman–Crippen MR) is 83.7 cm³/mol. The Bertz CT molecular complexity index is 703. The molecule has 1 aromatic heterocycles. The zero-order valence-corrected chi connectivity index (χ0v) is 13.9. The molecular formula is C15H16F3N3O2S. The van der Waals surface area contributed by atoms with Crippen LogP contribution in [0, 0.1) is 6.92 Å². The first-order valence-corrected chi connectivity index (χ1v) is 7.86. The second-order valence-corrected chi connectivity index (χ2v) is 6.09. The van der Waals surface area contributed by atoms with Crippen LogP contribution in [0.25, 0.3) is 0 Å². The van der Waals surface area contributed by atoms with Crippen molar-refractivity contribution in [2.75, 3.05) is 7.05 Å². The Morgan fingerprint density at radius 1 is 1.38 bits per heavy atom. The molecule has 1 N–H and O–H groups in total. The van der Waals surface area contributed by atoms with Crippen molar-refractivity contribution >= 4 is 17.4 Å². The van der Waals surface area contributed by atoms with E-state index in [1.807, 2.05) is 12.3 Å². The summed E-state index contributed by atoms with van der Waals surface area (Å²) in [4.78, 5) is 17.5. The maximum Gasteiger partial charge on any atom is 0.573 e. The predicted octanol–water partition coefficient (Wildman–Crippen LogP) is 3.69. The van der Waals surface area contributed by atoms with Gasteiger partial charge in [0.2, 0.25) is 0 Å². The molecule has 2 amide bonds. The molecule has 0 bridgehead atoms. The van der Waals surface area contributed by atoms with Gasteiger partial charge in [0.05, 0.1) is 23.8 Å². The third-order valence-corrected chi connectivity index (χ3v) is 3.86. The number of thiazole rings is 1. The van der Waals surface area contributed by atoms with E-state index in [1.165, 1.54) is 41.5 Å². The monoisotopic (exact) mass is 359 g/mol. The minimum absolute atomic E-state index is 0.0197. The van der Waals surface area contributed by atoms with Crippen LogP contribution in [-0.4, -0.2) is 29.3 Å². The van der Waals surface area contributed by atoms with Crippen LogP contribution in [0.1, 0.15) is 16.3 Å². The fraction of sp³-hybridized carbons (Fsp3) is 0.333. The molecule has 2 rings (SSSR count). The molecule has 0 unspecified atom stereocenters. The first-order chi connectivity index (χ1) is 11.2. The first kappa shape index (κ1) is 18.1. The Labute approximate surface area is 141 Å². The van der Waals surface area contributed by atoms with E-state index in [0.29, 0.717) is 0 Å². The maximum atomic E-state index is 12.4. The van der Waals surface area contributed by atoms with Crippen molar-refractivity contribution in [3.63, 3.8) is 0 Å². The number of carbonyl (C=O) groups is 1. The van der Waals surface area contributed by atoms with Gasteiger partial charge in [-0.3, -0.25) is 0 Å². The zero-order valence-electron chi connectivity index (χ0n) is 13.1. The van der Waals surface area contributed by atoms with Gasteiger partial charge in [0.15, 0.2) is 0 Å². The number of hydrogen-bond acceptors (Lipinski definition) is 4. The minimum atomic E-state index is -4.78. The fourth-order valence-electron chi connectivity index (χ4n) is 1.98. The van der Waals surface area contributed by atoms with E-state index >= 15 is 0 Å². The minimum Gasteiger partial charge on any atom is -0.405 e. The van der Waals surface area contributed by atoms with Crippen molar-refractivity contribution in [1.29, 1.82) is 0 Å². The van der Waals surface area contributed by atoms with Crippen LogP contribution in [0.4, 0.5) is 18.0 Å². The molecule has 1 heterocycles. The average molecular weight is 359 g/mol. The zero-order chi connectivity index (χ0) is 17.7. The number of nitrogens with one attached hydrogen (secondary N) is 1. The van der Waals surface area contributed by atoms with Gasteiger partial charge < -0.3 is 15.0 Å². The third kappa shape index (κ3) is 5.41. The van der Waals surface area contributed by atoms with Crippen LogP contribution in [0.15, 0.2) is 29.6 Å². The highest BCUT2D eigenvalue weighted by molar-refractivity contribution is 7.09. The van der Waals surface area contributed by atoms with E-state index in [1.54, 1.807) is 6.07 Å². The summed E-state index contributed by atoms with van der Waals surface area (Å²) in [7, 11) is 1.49. The van der Waals surface area contributed by atoms with Crippen molar-refractivity contribution in [2.24, 2.45) is 0 Å². The summed E-state index contributed by atoms with van der Waals surface area (Å²) in [6, 6.07) is 5.31. The van der Waals surface area contributed by atoms with Crippen molar-refractivity contribution in [1.82, 2.24) is 15.2 Å². The quantitative estimate of drug-likeness (QED) is 0.886. The average Bonchev–Trinajstić information content (AvgIpc) is 2.91. The second-order valence-electron chi connectivity index (χ2n) is 5.03. The highest BCUT2D eigenvalue weighted by Crippen LogP contribution is 2.26. The maximum absolute atomic E-state index is 12.4. The third-order valence-electron chi connectivity index (χ3n) is 3.04. The van der Waals surface area contributed by atoms with Gasteiger partial charge in [-0.05, 0) is 13.0 Å². The lowest BCUT2D eigenvalue weighted by Crippen LogP contribution is -2.36. The van der Waals surface area contributed by atoms with Crippen LogP contribution < -0.4 is 10.1 Å². The van der Waals surface area contributed by atoms with E-state index in [9.17, 15) is 18.0 Å². The van der Waals surface area contributed by atoms with Gasteiger partial charge in [-0.1, -0.05) is 18.2 Å². The Hall–Kier alpha value is -2.29. The molecule has 0 fully saturated rings. The Kier molecular flexibility index (Phi) is 5.66. The number of rotatable bonds is 5. The SMILES string of the molecule is Cc1nc(CNC(=O)N(C)Cc2ccccc2OC(F)(F)F)cs1. The molecule has 9 heteroatoms. The van der Waals surface area contributed by atoms with Crippen LogP contribution in [0.5, 0.6) is 5.75 Å². The lowest BCUT2D eigenvalue weighted by molar-refractivity contribution is -0.275. The smallest absolute Gasteiger partial charge is 0.405 e. The number of halogens is 3. The van der Waals surface area contributed by atoms with Crippen LogP contribution in [-0.2, 0) is 13.1 Å². The summed E-state index contributed by atoms with van der Waals surface area (Å²) in [6.07, 6.45) is -4.78. The summed E-state index contributed by atoms with van der Waals surface area (Å²) in [5.74, 6) is -0.320. The summed E-state index contributed by atoms with van der Waals surface area (Å²) < 4.78 is 41.2. The molecule has 0 spiro atoms. The molecule has 2 aromatic rings. The molecule has 0 atom stereocenters. The normalized spacial score (nSPS) is 11.2. The fourth-order valence-corrected chi connectivity index (χ4v) is 2.59. The lowest BCUT2D eigenvalue weighted by atomic mass is 10.2. The number of ether oxygens (including phenoxy) is 1. The molecular weight excluding hydrogens is 343 g/mol. The number of nitrogens with zero attached hydrogens (tertiary/aromatic N) is 2. The highest BCUT2D eigenvalue weighted by atomic mass is 32.1. The summed E-state index contributed by atoms with van der Waals surface area (Å²) in [6.45, 7) is 2.10. The molecule has 0 saturated heterocycles. The molecule has 1 aromatic carbocycles. The van der Waals surface area contributed by atoms with Crippen molar-refractivity contribution in [3.05, 3.63) is 45.9 Å². The van der Waals surface area contributed by atoms with Gasteiger partial charge in [-0.15, -0.1) is 24.5 Å². The first-order valence-electron chi connectivity index (χ1n) is 6.98. The number of carbonyl (C=O) groups excluding carboxylic acids is 1. The lowest BCUT2D eigenvalue weighted by Gasteiger charge is -2.20. The number of benzene rings is 1. The van der Waals surface area contributed by atoms with Crippen molar-refractivity contribution < 1.29 is 22.7 Å². The van der Waals surface area contributed by atoms with E-state index in [0.717, 1.165) is 10.7 Å². The number of urea groups is 1. The van der Waals surface area contributed by atoms with E-state index in [-0.39, 0.29) is 24.4 Å². The Morgan fingerprint density at radius 2 is 2.08 bits per heavy atom. The Balaban J connectivity index is 1.96. The number of aromatic nitrogens is 1. The van der Waals surface area contributed by atoms with E-state index in [4.69, 9.17) is 0 Å². The van der Waals surface area contributed by atoms with Gasteiger partial charge in [-0.2, -0.15) is 0 Å². The standard InChI is InChI=1S/C15H16F3N3O2S/c1-10-20-12(9-24-10)7-19-14(22)21(2)8-11-5-3-4-6-13(11)23-15(16,17)18/h3-6,9H,7-8H2,1-2H3,(H,19,22). The molecule has 0 aliphatic rings. The van der Waals surface area contributed by atoms with Gasteiger partial charge in [-0.25, -0.2) is 9.78 Å². The topological polar surface area (TPSA) is 54.5 Å². The number of hydrogen-bond donors (Lipinski definition) is 1. The number of para-hydroxylation sites is 1. The van der Waals surface area contributed by atoms with Crippen molar-refractivity contribution in [2.45, 2.75) is 26.4 Å². The second kappa shape index (κ2) is 7.52.